The molecule has 1 unspecified atom stereocenters. The molecule has 5 nitrogen and oxygen atoms in total. The minimum atomic E-state index is -0.459. The second-order valence-corrected chi connectivity index (χ2v) is 9.35. The standard InChI is InChI=1S/C20H25N3O2S2/c1-12(2)9-17-21-14(4)18(27-17)20(25)23-11-26-10-16(23)19(24)22-15-7-5-13(3)6-8-15/h5-8,12,16H,9-11H2,1-4H3,(H,22,24). The zero-order valence-corrected chi connectivity index (χ0v) is 17.7. The van der Waals surface area contributed by atoms with Gasteiger partial charge in [-0.1, -0.05) is 31.5 Å². The molecule has 0 aliphatic carbocycles. The van der Waals surface area contributed by atoms with Crippen LogP contribution in [-0.4, -0.2) is 39.4 Å². The van der Waals surface area contributed by atoms with Crippen LogP contribution in [0.4, 0.5) is 5.69 Å². The van der Waals surface area contributed by atoms with Gasteiger partial charge in [0.25, 0.3) is 5.91 Å². The van der Waals surface area contributed by atoms with Gasteiger partial charge >= 0.3 is 0 Å². The molecule has 1 aliphatic heterocycles. The lowest BCUT2D eigenvalue weighted by Gasteiger charge is -2.22. The second kappa shape index (κ2) is 8.44. The van der Waals surface area contributed by atoms with Gasteiger partial charge in [0.2, 0.25) is 5.91 Å². The molecule has 7 heteroatoms. The Morgan fingerprint density at radius 2 is 1.96 bits per heavy atom. The van der Waals surface area contributed by atoms with Crippen LogP contribution >= 0.6 is 23.1 Å². The first kappa shape index (κ1) is 19.9. The van der Waals surface area contributed by atoms with Crippen LogP contribution in [0.2, 0.25) is 0 Å². The maximum atomic E-state index is 13.1. The van der Waals surface area contributed by atoms with E-state index in [4.69, 9.17) is 0 Å². The predicted octanol–water partition coefficient (Wildman–Crippen LogP) is 4.11. The first-order valence-electron chi connectivity index (χ1n) is 9.07. The van der Waals surface area contributed by atoms with Crippen molar-refractivity contribution in [1.29, 1.82) is 0 Å². The summed E-state index contributed by atoms with van der Waals surface area (Å²) < 4.78 is 0. The third-order valence-electron chi connectivity index (χ3n) is 4.38. The molecule has 1 aromatic heterocycles. The van der Waals surface area contributed by atoms with E-state index in [1.165, 1.54) is 11.3 Å². The summed E-state index contributed by atoms with van der Waals surface area (Å²) in [6.07, 6.45) is 0.866. The van der Waals surface area contributed by atoms with Gasteiger partial charge in [0, 0.05) is 17.9 Å². The number of amides is 2. The minimum Gasteiger partial charge on any atom is -0.324 e. The van der Waals surface area contributed by atoms with E-state index in [9.17, 15) is 9.59 Å². The van der Waals surface area contributed by atoms with Crippen LogP contribution in [0.15, 0.2) is 24.3 Å². The van der Waals surface area contributed by atoms with Crippen molar-refractivity contribution >= 4 is 40.6 Å². The Morgan fingerprint density at radius 3 is 2.63 bits per heavy atom. The molecular weight excluding hydrogens is 378 g/mol. The van der Waals surface area contributed by atoms with E-state index in [0.29, 0.717) is 22.4 Å². The number of carbonyl (C=O) groups is 2. The summed E-state index contributed by atoms with van der Waals surface area (Å²) in [6, 6.07) is 7.22. The van der Waals surface area contributed by atoms with Gasteiger partial charge in [0.1, 0.15) is 10.9 Å². The molecule has 0 spiro atoms. The summed E-state index contributed by atoms with van der Waals surface area (Å²) in [6.45, 7) is 8.16. The number of hydrogen-bond donors (Lipinski definition) is 1. The summed E-state index contributed by atoms with van der Waals surface area (Å²) >= 11 is 3.07. The highest BCUT2D eigenvalue weighted by Crippen LogP contribution is 2.28. The van der Waals surface area contributed by atoms with Crippen molar-refractivity contribution in [1.82, 2.24) is 9.88 Å². The van der Waals surface area contributed by atoms with E-state index < -0.39 is 6.04 Å². The Hall–Kier alpha value is -1.86. The summed E-state index contributed by atoms with van der Waals surface area (Å²) in [5.74, 6) is 1.41. The van der Waals surface area contributed by atoms with E-state index >= 15 is 0 Å². The summed E-state index contributed by atoms with van der Waals surface area (Å²) in [5.41, 5.74) is 2.65. The molecule has 0 saturated carbocycles. The van der Waals surface area contributed by atoms with E-state index in [1.54, 1.807) is 16.7 Å². The molecule has 3 rings (SSSR count). The highest BCUT2D eigenvalue weighted by atomic mass is 32.2. The van der Waals surface area contributed by atoms with Crippen molar-refractivity contribution in [3.8, 4) is 0 Å². The van der Waals surface area contributed by atoms with Crippen LogP contribution in [0.5, 0.6) is 0 Å². The molecule has 1 aliphatic rings. The van der Waals surface area contributed by atoms with E-state index in [1.807, 2.05) is 38.1 Å². The van der Waals surface area contributed by atoms with Crippen molar-refractivity contribution in [3.63, 3.8) is 0 Å². The average Bonchev–Trinajstić information content (AvgIpc) is 3.22. The average molecular weight is 404 g/mol. The third kappa shape index (κ3) is 4.71. The lowest BCUT2D eigenvalue weighted by Crippen LogP contribution is -2.44. The van der Waals surface area contributed by atoms with Gasteiger partial charge in [-0.15, -0.1) is 23.1 Å². The zero-order valence-electron chi connectivity index (χ0n) is 16.1. The van der Waals surface area contributed by atoms with Crippen LogP contribution < -0.4 is 5.32 Å². The van der Waals surface area contributed by atoms with Gasteiger partial charge in [-0.3, -0.25) is 9.59 Å². The Balaban J connectivity index is 1.73. The molecule has 0 bridgehead atoms. The number of anilines is 1. The number of nitrogens with zero attached hydrogens (tertiary/aromatic N) is 2. The number of thiazole rings is 1. The zero-order chi connectivity index (χ0) is 19.6. The first-order valence-corrected chi connectivity index (χ1v) is 11.0. The number of carbonyl (C=O) groups excluding carboxylic acids is 2. The molecule has 2 aromatic rings. The molecule has 2 heterocycles. The molecule has 1 saturated heterocycles. The van der Waals surface area contributed by atoms with Gasteiger partial charge in [0.05, 0.1) is 16.6 Å². The summed E-state index contributed by atoms with van der Waals surface area (Å²) in [7, 11) is 0. The Kier molecular flexibility index (Phi) is 6.22. The topological polar surface area (TPSA) is 62.3 Å². The Bertz CT molecular complexity index is 830. The van der Waals surface area contributed by atoms with Gasteiger partial charge < -0.3 is 10.2 Å². The monoisotopic (exact) mass is 403 g/mol. The van der Waals surface area contributed by atoms with Crippen molar-refractivity contribution in [2.45, 2.75) is 40.2 Å². The molecular formula is C20H25N3O2S2. The van der Waals surface area contributed by atoms with Gasteiger partial charge in [-0.05, 0) is 31.9 Å². The lowest BCUT2D eigenvalue weighted by atomic mass is 10.1. The number of nitrogens with one attached hydrogen (secondary N) is 1. The quantitative estimate of drug-likeness (QED) is 0.816. The second-order valence-electron chi connectivity index (χ2n) is 7.27. The predicted molar refractivity (Wildman–Crippen MR) is 112 cm³/mol. The van der Waals surface area contributed by atoms with Crippen LogP contribution in [0.1, 0.15) is 39.8 Å². The van der Waals surface area contributed by atoms with Crippen LogP contribution in [0, 0.1) is 19.8 Å². The molecule has 1 aromatic carbocycles. The van der Waals surface area contributed by atoms with Gasteiger partial charge in [0.15, 0.2) is 0 Å². The maximum absolute atomic E-state index is 13.1. The number of aromatic nitrogens is 1. The minimum absolute atomic E-state index is 0.0888. The van der Waals surface area contributed by atoms with Gasteiger partial charge in [-0.2, -0.15) is 0 Å². The Labute approximate surface area is 168 Å². The Morgan fingerprint density at radius 1 is 1.26 bits per heavy atom. The molecule has 0 radical (unpaired) electrons. The molecule has 1 N–H and O–H groups in total. The third-order valence-corrected chi connectivity index (χ3v) is 6.56. The smallest absolute Gasteiger partial charge is 0.267 e. The first-order chi connectivity index (χ1) is 12.8. The summed E-state index contributed by atoms with van der Waals surface area (Å²) in [5, 5.41) is 3.92. The number of aryl methyl sites for hydroxylation is 2. The van der Waals surface area contributed by atoms with E-state index in [0.717, 1.165) is 28.4 Å². The molecule has 2 amide bonds. The van der Waals surface area contributed by atoms with E-state index in [2.05, 4.69) is 24.1 Å². The fourth-order valence-corrected chi connectivity index (χ4v) is 5.33. The fraction of sp³-hybridized carbons (Fsp3) is 0.450. The van der Waals surface area contributed by atoms with Crippen molar-refractivity contribution in [2.24, 2.45) is 5.92 Å². The highest BCUT2D eigenvalue weighted by molar-refractivity contribution is 7.99. The normalized spacial score (nSPS) is 16.8. The maximum Gasteiger partial charge on any atom is 0.267 e. The van der Waals surface area contributed by atoms with Crippen LogP contribution in [0.3, 0.4) is 0 Å². The van der Waals surface area contributed by atoms with Crippen LogP contribution in [0.25, 0.3) is 0 Å². The van der Waals surface area contributed by atoms with Gasteiger partial charge in [-0.25, -0.2) is 4.98 Å². The number of hydrogen-bond acceptors (Lipinski definition) is 5. The fourth-order valence-electron chi connectivity index (χ4n) is 2.94. The van der Waals surface area contributed by atoms with E-state index in [-0.39, 0.29) is 11.8 Å². The number of rotatable bonds is 5. The summed E-state index contributed by atoms with van der Waals surface area (Å²) in [4.78, 5) is 32.7. The molecule has 1 atom stereocenters. The van der Waals surface area contributed by atoms with Crippen molar-refractivity contribution < 1.29 is 9.59 Å². The SMILES string of the molecule is Cc1ccc(NC(=O)C2CSCN2C(=O)c2sc(CC(C)C)nc2C)cc1. The number of thioether (sulfide) groups is 1. The molecule has 27 heavy (non-hydrogen) atoms. The van der Waals surface area contributed by atoms with Crippen molar-refractivity contribution in [2.75, 3.05) is 16.9 Å². The number of benzene rings is 1. The highest BCUT2D eigenvalue weighted by Gasteiger charge is 2.36. The van der Waals surface area contributed by atoms with Crippen LogP contribution in [-0.2, 0) is 11.2 Å². The molecule has 1 fully saturated rings. The largest absolute Gasteiger partial charge is 0.324 e. The lowest BCUT2D eigenvalue weighted by molar-refractivity contribution is -0.119. The molecule has 144 valence electrons. The van der Waals surface area contributed by atoms with Crippen molar-refractivity contribution in [3.05, 3.63) is 45.4 Å².